The minimum atomic E-state index is -3.85. The molecule has 0 aliphatic heterocycles. The van der Waals surface area contributed by atoms with Gasteiger partial charge >= 0.3 is 0 Å². The number of hydrogen-bond donors (Lipinski definition) is 2. The van der Waals surface area contributed by atoms with Crippen LogP contribution in [-0.2, 0) is 16.6 Å². The van der Waals surface area contributed by atoms with Gasteiger partial charge in [-0.1, -0.05) is 31.1 Å². The first-order valence-electron chi connectivity index (χ1n) is 10.9. The summed E-state index contributed by atoms with van der Waals surface area (Å²) in [6.07, 6.45) is 0. The Kier molecular flexibility index (Phi) is 6.92. The van der Waals surface area contributed by atoms with Crippen molar-refractivity contribution in [3.63, 3.8) is 0 Å². The first-order chi connectivity index (χ1) is 16.7. The van der Waals surface area contributed by atoms with Crippen LogP contribution in [0, 0.1) is 6.92 Å². The molecule has 2 N–H and O–H groups in total. The van der Waals surface area contributed by atoms with Crippen LogP contribution < -0.4 is 14.8 Å². The molecule has 0 atom stereocenters. The minimum Gasteiger partial charge on any atom is -0.486 e. The number of benzene rings is 2. The summed E-state index contributed by atoms with van der Waals surface area (Å²) in [5.41, 5.74) is 1.63. The van der Waals surface area contributed by atoms with Crippen molar-refractivity contribution in [2.75, 3.05) is 10.0 Å². The van der Waals surface area contributed by atoms with Crippen molar-refractivity contribution in [2.45, 2.75) is 38.2 Å². The predicted molar refractivity (Wildman–Crippen MR) is 130 cm³/mol. The lowest BCUT2D eigenvalue weighted by Crippen LogP contribution is -2.14. The van der Waals surface area contributed by atoms with Crippen molar-refractivity contribution in [3.8, 4) is 5.75 Å². The van der Waals surface area contributed by atoms with Crippen molar-refractivity contribution in [1.82, 2.24) is 5.16 Å². The van der Waals surface area contributed by atoms with Gasteiger partial charge in [-0.3, -0.25) is 9.52 Å². The van der Waals surface area contributed by atoms with Crippen LogP contribution in [0.15, 0.2) is 80.6 Å². The summed E-state index contributed by atoms with van der Waals surface area (Å²) < 4.78 is 43.5. The number of rotatable bonds is 9. The summed E-state index contributed by atoms with van der Waals surface area (Å²) in [6, 6.07) is 18.2. The lowest BCUT2D eigenvalue weighted by molar-refractivity contribution is 0.0992. The fourth-order valence-corrected chi connectivity index (χ4v) is 4.19. The van der Waals surface area contributed by atoms with E-state index in [2.05, 4.69) is 29.0 Å². The fraction of sp³-hybridized carbons (Fsp3) is 0.200. The second-order valence-corrected chi connectivity index (χ2v) is 9.87. The van der Waals surface area contributed by atoms with Gasteiger partial charge in [-0.05, 0) is 66.9 Å². The van der Waals surface area contributed by atoms with E-state index >= 15 is 0 Å². The summed E-state index contributed by atoms with van der Waals surface area (Å²) >= 11 is 0. The maximum atomic E-state index is 12.5. The minimum absolute atomic E-state index is 0.00927. The average Bonchev–Trinajstić information content (AvgIpc) is 3.47. The van der Waals surface area contributed by atoms with Gasteiger partial charge in [0.2, 0.25) is 0 Å². The topological polar surface area (TPSA) is 124 Å². The largest absolute Gasteiger partial charge is 0.486 e. The van der Waals surface area contributed by atoms with E-state index in [0.29, 0.717) is 28.9 Å². The van der Waals surface area contributed by atoms with Crippen molar-refractivity contribution in [2.24, 2.45) is 0 Å². The number of carbonyl (C=O) groups is 1. The number of aromatic nitrogens is 1. The Balaban J connectivity index is 1.33. The average molecular weight is 496 g/mol. The van der Waals surface area contributed by atoms with Gasteiger partial charge in [0.25, 0.3) is 15.9 Å². The zero-order valence-corrected chi connectivity index (χ0v) is 20.3. The van der Waals surface area contributed by atoms with Crippen molar-refractivity contribution >= 4 is 27.4 Å². The van der Waals surface area contributed by atoms with E-state index < -0.39 is 15.9 Å². The molecule has 0 radical (unpaired) electrons. The van der Waals surface area contributed by atoms with Gasteiger partial charge in [-0.25, -0.2) is 8.42 Å². The molecule has 0 bridgehead atoms. The Morgan fingerprint density at radius 3 is 2.37 bits per heavy atom. The monoisotopic (exact) mass is 495 g/mol. The number of amides is 1. The van der Waals surface area contributed by atoms with Gasteiger partial charge in [0.1, 0.15) is 23.9 Å². The molecule has 9 nitrogen and oxygen atoms in total. The van der Waals surface area contributed by atoms with Gasteiger partial charge < -0.3 is 19.0 Å². The van der Waals surface area contributed by atoms with E-state index in [4.69, 9.17) is 13.7 Å². The molecular weight excluding hydrogens is 470 g/mol. The molecule has 1 amide bonds. The second-order valence-electron chi connectivity index (χ2n) is 8.19. The number of sulfonamides is 1. The molecule has 0 saturated carbocycles. The lowest BCUT2D eigenvalue weighted by atomic mass is 10.0. The number of ether oxygens (including phenoxy) is 1. The third kappa shape index (κ3) is 6.10. The number of aryl methyl sites for hydroxylation is 1. The molecule has 0 saturated heterocycles. The quantitative estimate of drug-likeness (QED) is 0.321. The molecule has 2 aromatic carbocycles. The predicted octanol–water partition coefficient (Wildman–Crippen LogP) is 5.33. The molecule has 4 aromatic rings. The van der Waals surface area contributed by atoms with E-state index in [9.17, 15) is 13.2 Å². The van der Waals surface area contributed by atoms with E-state index in [1.54, 1.807) is 19.1 Å². The smallest absolute Gasteiger partial charge is 0.291 e. The maximum absolute atomic E-state index is 12.5. The summed E-state index contributed by atoms with van der Waals surface area (Å²) in [6.45, 7) is 6.09. The van der Waals surface area contributed by atoms with Crippen LogP contribution in [0.25, 0.3) is 0 Å². The summed E-state index contributed by atoms with van der Waals surface area (Å²) in [4.78, 5) is 12.5. The molecule has 0 spiro atoms. The molecule has 4 rings (SSSR count). The van der Waals surface area contributed by atoms with Crippen molar-refractivity contribution < 1.29 is 26.9 Å². The summed E-state index contributed by atoms with van der Waals surface area (Å²) in [5.74, 6) is 1.86. The number of hydrogen-bond acceptors (Lipinski definition) is 7. The van der Waals surface area contributed by atoms with Gasteiger partial charge in [0.05, 0.1) is 4.90 Å². The van der Waals surface area contributed by atoms with Gasteiger partial charge in [-0.15, -0.1) is 0 Å². The second kappa shape index (κ2) is 10.1. The Labute approximate surface area is 203 Å². The van der Waals surface area contributed by atoms with Crippen LogP contribution >= 0.6 is 0 Å². The third-order valence-corrected chi connectivity index (χ3v) is 6.47. The molecule has 0 fully saturated rings. The van der Waals surface area contributed by atoms with Crippen LogP contribution in [0.5, 0.6) is 5.75 Å². The Bertz CT molecular complexity index is 1400. The number of carbonyl (C=O) groups excluding carboxylic acids is 1. The lowest BCUT2D eigenvalue weighted by Gasteiger charge is -2.08. The standard InChI is InChI=1S/C25H25N3O6S/c1-16(2)18-4-8-20(9-5-18)32-15-21-10-13-23(33-21)25(29)26-19-6-11-22(12-7-19)35(30,31)28-24-14-17(3)34-27-24/h4-14,16H,15H2,1-3H3,(H,26,29)(H,27,28). The fourth-order valence-electron chi connectivity index (χ4n) is 3.20. The highest BCUT2D eigenvalue weighted by Gasteiger charge is 2.17. The SMILES string of the molecule is Cc1cc(NS(=O)(=O)c2ccc(NC(=O)c3ccc(COc4ccc(C(C)C)cc4)o3)cc2)no1. The molecule has 0 aliphatic carbocycles. The number of anilines is 2. The normalized spacial score (nSPS) is 11.4. The van der Waals surface area contributed by atoms with Gasteiger partial charge in [0.15, 0.2) is 11.6 Å². The zero-order valence-electron chi connectivity index (χ0n) is 19.4. The van der Waals surface area contributed by atoms with Gasteiger partial charge in [-0.2, -0.15) is 0 Å². The van der Waals surface area contributed by atoms with E-state index in [1.165, 1.54) is 35.9 Å². The maximum Gasteiger partial charge on any atom is 0.291 e. The Morgan fingerprint density at radius 2 is 1.74 bits per heavy atom. The highest BCUT2D eigenvalue weighted by Crippen LogP contribution is 2.21. The molecule has 2 heterocycles. The summed E-state index contributed by atoms with van der Waals surface area (Å²) in [5, 5.41) is 6.29. The van der Waals surface area contributed by atoms with E-state index in [0.717, 1.165) is 0 Å². The van der Waals surface area contributed by atoms with Crippen LogP contribution in [0.2, 0.25) is 0 Å². The van der Waals surface area contributed by atoms with Gasteiger partial charge in [0, 0.05) is 11.8 Å². The summed E-state index contributed by atoms with van der Waals surface area (Å²) in [7, 11) is -3.85. The third-order valence-electron chi connectivity index (χ3n) is 5.10. The highest BCUT2D eigenvalue weighted by molar-refractivity contribution is 7.92. The Morgan fingerprint density at radius 1 is 1.03 bits per heavy atom. The number of nitrogens with one attached hydrogen (secondary N) is 2. The van der Waals surface area contributed by atoms with Crippen molar-refractivity contribution in [3.05, 3.63) is 89.6 Å². The molecule has 2 aromatic heterocycles. The first kappa shape index (κ1) is 24.1. The van der Waals surface area contributed by atoms with E-state index in [-0.39, 0.29) is 23.1 Å². The number of nitrogens with zero attached hydrogens (tertiary/aromatic N) is 1. The van der Waals surface area contributed by atoms with Crippen LogP contribution in [0.4, 0.5) is 11.5 Å². The zero-order chi connectivity index (χ0) is 25.0. The molecular formula is C25H25N3O6S. The Hall–Kier alpha value is -4.05. The highest BCUT2D eigenvalue weighted by atomic mass is 32.2. The number of furan rings is 1. The van der Waals surface area contributed by atoms with Crippen LogP contribution in [0.3, 0.4) is 0 Å². The van der Waals surface area contributed by atoms with Crippen LogP contribution in [0.1, 0.15) is 47.4 Å². The molecule has 0 unspecified atom stereocenters. The van der Waals surface area contributed by atoms with Crippen molar-refractivity contribution in [1.29, 1.82) is 0 Å². The molecule has 10 heteroatoms. The van der Waals surface area contributed by atoms with Crippen LogP contribution in [-0.4, -0.2) is 19.5 Å². The van der Waals surface area contributed by atoms with E-state index in [1.807, 2.05) is 24.3 Å². The molecule has 182 valence electrons. The first-order valence-corrected chi connectivity index (χ1v) is 12.4. The molecule has 35 heavy (non-hydrogen) atoms. The molecule has 0 aliphatic rings.